The number of nitrogens with zero attached hydrogens (tertiary/aromatic N) is 2. The summed E-state index contributed by atoms with van der Waals surface area (Å²) in [6.07, 6.45) is -16.3. The van der Waals surface area contributed by atoms with Crippen molar-refractivity contribution in [2.75, 3.05) is 26.2 Å². The molecule has 21 heteroatoms. The van der Waals surface area contributed by atoms with Crippen LogP contribution in [0.4, 0.5) is 75.4 Å². The van der Waals surface area contributed by atoms with E-state index in [1.54, 1.807) is 0 Å². The lowest BCUT2D eigenvalue weighted by molar-refractivity contribution is -0.412. The van der Waals surface area contributed by atoms with Crippen LogP contribution in [0.25, 0.3) is 0 Å². The van der Waals surface area contributed by atoms with Crippen LogP contribution in [0.3, 0.4) is 0 Å². The standard InChI is InChI=1S/C17H19F15N2O4/c18-9(19)14(25,26)16(29,30)17(31,32)15(27,28)12(20,21)7-33(10(35)36)5-3-1-2-4-6-34(11(37)38)8-13(22,23)24/h9H,1-8H2,(H,35,36)(H,37,38). The predicted octanol–water partition coefficient (Wildman–Crippen LogP) is 6.51. The van der Waals surface area contributed by atoms with Crippen LogP contribution in [0, 0.1) is 0 Å². The number of carbonyl (C=O) groups is 2. The van der Waals surface area contributed by atoms with Gasteiger partial charge < -0.3 is 15.1 Å². The fourth-order valence-electron chi connectivity index (χ4n) is 2.77. The van der Waals surface area contributed by atoms with Gasteiger partial charge in [-0.3, -0.25) is 4.90 Å². The van der Waals surface area contributed by atoms with Gasteiger partial charge in [0.25, 0.3) is 0 Å². The molecule has 0 fully saturated rings. The highest BCUT2D eigenvalue weighted by Crippen LogP contribution is 2.58. The van der Waals surface area contributed by atoms with Crippen LogP contribution in [0.2, 0.25) is 0 Å². The average molecular weight is 600 g/mol. The van der Waals surface area contributed by atoms with Gasteiger partial charge in [0.05, 0.1) is 6.54 Å². The van der Waals surface area contributed by atoms with Gasteiger partial charge in [-0.1, -0.05) is 12.8 Å². The van der Waals surface area contributed by atoms with Gasteiger partial charge in [0.15, 0.2) is 0 Å². The fourth-order valence-corrected chi connectivity index (χ4v) is 2.77. The molecule has 0 rings (SSSR count). The number of halogens is 15. The first-order valence-electron chi connectivity index (χ1n) is 9.96. The van der Waals surface area contributed by atoms with Crippen molar-refractivity contribution in [2.45, 2.75) is 67.9 Å². The van der Waals surface area contributed by atoms with Gasteiger partial charge >= 0.3 is 54.4 Å². The minimum Gasteiger partial charge on any atom is -0.465 e. The van der Waals surface area contributed by atoms with E-state index >= 15 is 0 Å². The third kappa shape index (κ3) is 8.00. The Bertz CT molecular complexity index is 805. The van der Waals surface area contributed by atoms with E-state index in [-0.39, 0.29) is 24.2 Å². The molecule has 0 aromatic carbocycles. The zero-order valence-corrected chi connectivity index (χ0v) is 18.5. The molecule has 0 aliphatic heterocycles. The zero-order chi connectivity index (χ0) is 30.5. The molecule has 226 valence electrons. The van der Waals surface area contributed by atoms with Gasteiger partial charge in [0, 0.05) is 13.1 Å². The molecule has 0 saturated carbocycles. The second-order valence-electron chi connectivity index (χ2n) is 7.79. The lowest BCUT2D eigenvalue weighted by atomic mass is 9.94. The predicted molar refractivity (Wildman–Crippen MR) is 94.5 cm³/mol. The summed E-state index contributed by atoms with van der Waals surface area (Å²) in [5.74, 6) is -36.7. The maximum atomic E-state index is 13.9. The van der Waals surface area contributed by atoms with Crippen molar-refractivity contribution in [3.63, 3.8) is 0 Å². The Morgan fingerprint density at radius 1 is 0.579 bits per heavy atom. The molecule has 6 nitrogen and oxygen atoms in total. The number of rotatable bonds is 15. The van der Waals surface area contributed by atoms with Gasteiger partial charge in [-0.15, -0.1) is 0 Å². The molecule has 0 bridgehead atoms. The molecule has 0 heterocycles. The first-order chi connectivity index (χ1) is 16.8. The van der Waals surface area contributed by atoms with Crippen LogP contribution >= 0.6 is 0 Å². The lowest BCUT2D eigenvalue weighted by Gasteiger charge is -2.40. The quantitative estimate of drug-likeness (QED) is 0.166. The van der Waals surface area contributed by atoms with E-state index in [4.69, 9.17) is 10.2 Å². The van der Waals surface area contributed by atoms with Crippen LogP contribution < -0.4 is 0 Å². The lowest BCUT2D eigenvalue weighted by Crippen LogP contribution is -2.70. The Labute approximate surface area is 202 Å². The maximum absolute atomic E-state index is 13.9. The molecule has 2 N–H and O–H groups in total. The molecule has 38 heavy (non-hydrogen) atoms. The van der Waals surface area contributed by atoms with Crippen molar-refractivity contribution in [1.29, 1.82) is 0 Å². The van der Waals surface area contributed by atoms with Gasteiger partial charge in [-0.05, 0) is 12.8 Å². The zero-order valence-electron chi connectivity index (χ0n) is 18.5. The molecule has 2 amide bonds. The van der Waals surface area contributed by atoms with Gasteiger partial charge in [-0.25, -0.2) is 18.4 Å². The third-order valence-corrected chi connectivity index (χ3v) is 4.85. The number of carboxylic acid groups (broad SMARTS) is 2. The maximum Gasteiger partial charge on any atom is 0.407 e. The summed E-state index contributed by atoms with van der Waals surface area (Å²) in [5, 5.41) is 17.5. The first-order valence-corrected chi connectivity index (χ1v) is 9.96. The molecular weight excluding hydrogens is 581 g/mol. The summed E-state index contributed by atoms with van der Waals surface area (Å²) < 4.78 is 195. The molecule has 0 aromatic rings. The van der Waals surface area contributed by atoms with Gasteiger partial charge in [0.2, 0.25) is 0 Å². The second-order valence-corrected chi connectivity index (χ2v) is 7.79. The van der Waals surface area contributed by atoms with Crippen LogP contribution in [0.5, 0.6) is 0 Å². The Morgan fingerprint density at radius 3 is 1.26 bits per heavy atom. The minimum absolute atomic E-state index is 0.0420. The smallest absolute Gasteiger partial charge is 0.407 e. The number of amides is 2. The SMILES string of the molecule is O=C(O)N(CCCCCCN(CC(F)(F)C(F)(F)C(F)(F)C(F)(F)C(F)(F)C(F)F)C(=O)O)CC(F)(F)F. The van der Waals surface area contributed by atoms with E-state index in [1.807, 2.05) is 0 Å². The number of hydrogen-bond acceptors (Lipinski definition) is 2. The van der Waals surface area contributed by atoms with E-state index in [2.05, 4.69) is 0 Å². The van der Waals surface area contributed by atoms with Crippen LogP contribution in [-0.4, -0.2) is 101 Å². The molecule has 0 aliphatic rings. The highest BCUT2D eigenvalue weighted by atomic mass is 19.4. The van der Waals surface area contributed by atoms with Crippen molar-refractivity contribution in [2.24, 2.45) is 0 Å². The fraction of sp³-hybridized carbons (Fsp3) is 0.882. The molecule has 0 spiro atoms. The molecular formula is C17H19F15N2O4. The summed E-state index contributed by atoms with van der Waals surface area (Å²) in [6, 6.07) is 0. The van der Waals surface area contributed by atoms with E-state index in [0.717, 1.165) is 0 Å². The van der Waals surface area contributed by atoms with E-state index < -0.39 is 91.9 Å². The second kappa shape index (κ2) is 12.1. The summed E-state index contributed by atoms with van der Waals surface area (Å²) in [6.45, 7) is -6.69. The Balaban J connectivity index is 5.34. The van der Waals surface area contributed by atoms with E-state index in [1.165, 1.54) is 0 Å². The third-order valence-electron chi connectivity index (χ3n) is 4.85. The Kier molecular flexibility index (Phi) is 11.3. The summed E-state index contributed by atoms with van der Waals surface area (Å²) in [5.41, 5.74) is 0. The first kappa shape index (κ1) is 35.5. The van der Waals surface area contributed by atoms with Crippen LogP contribution in [-0.2, 0) is 0 Å². The number of unbranched alkanes of at least 4 members (excludes halogenated alkanes) is 3. The number of hydrogen-bond donors (Lipinski definition) is 2. The monoisotopic (exact) mass is 600 g/mol. The van der Waals surface area contributed by atoms with Crippen molar-refractivity contribution in [1.82, 2.24) is 9.80 Å². The summed E-state index contributed by atoms with van der Waals surface area (Å²) in [4.78, 5) is 21.0. The molecule has 0 radical (unpaired) electrons. The average Bonchev–Trinajstić information content (AvgIpc) is 2.72. The summed E-state index contributed by atoms with van der Waals surface area (Å²) in [7, 11) is 0. The normalized spacial score (nSPS) is 14.1. The molecule has 0 unspecified atom stereocenters. The van der Waals surface area contributed by atoms with Gasteiger partial charge in [-0.2, -0.15) is 57.1 Å². The molecule has 0 aromatic heterocycles. The van der Waals surface area contributed by atoms with E-state index in [0.29, 0.717) is 0 Å². The van der Waals surface area contributed by atoms with Crippen molar-refractivity contribution in [3.05, 3.63) is 0 Å². The van der Waals surface area contributed by atoms with Crippen molar-refractivity contribution in [3.8, 4) is 0 Å². The molecule has 0 aliphatic carbocycles. The Hall–Kier alpha value is -2.51. The van der Waals surface area contributed by atoms with Crippen LogP contribution in [0.1, 0.15) is 25.7 Å². The van der Waals surface area contributed by atoms with Crippen molar-refractivity contribution >= 4 is 12.2 Å². The largest absolute Gasteiger partial charge is 0.465 e. The topological polar surface area (TPSA) is 81.1 Å². The van der Waals surface area contributed by atoms with Crippen LogP contribution in [0.15, 0.2) is 0 Å². The van der Waals surface area contributed by atoms with E-state index in [9.17, 15) is 75.4 Å². The highest BCUT2D eigenvalue weighted by Gasteiger charge is 2.87. The number of alkyl halides is 15. The highest BCUT2D eigenvalue weighted by molar-refractivity contribution is 5.65. The Morgan fingerprint density at radius 2 is 0.947 bits per heavy atom. The minimum atomic E-state index is -7.81. The molecule has 0 atom stereocenters. The van der Waals surface area contributed by atoms with Gasteiger partial charge in [0.1, 0.15) is 6.54 Å². The van der Waals surface area contributed by atoms with Crippen molar-refractivity contribution < 1.29 is 85.7 Å². The molecule has 0 saturated heterocycles. The summed E-state index contributed by atoms with van der Waals surface area (Å²) >= 11 is 0.